The van der Waals surface area contributed by atoms with Gasteiger partial charge in [0.25, 0.3) is 5.91 Å². The molecule has 0 aliphatic carbocycles. The zero-order valence-corrected chi connectivity index (χ0v) is 17.0. The molecular weight excluding hydrogens is 368 g/mol. The molecule has 1 fully saturated rings. The molecule has 3 rings (SSSR count). The highest BCUT2D eigenvalue weighted by atomic mass is 35.5. The molecule has 1 aliphatic rings. The predicted octanol–water partition coefficient (Wildman–Crippen LogP) is 3.74. The number of carbonyl (C=O) groups is 1. The number of aryl methyl sites for hydroxylation is 1. The van der Waals surface area contributed by atoms with Crippen LogP contribution < -0.4 is 10.2 Å². The molecule has 1 N–H and O–H groups in total. The van der Waals surface area contributed by atoms with E-state index in [9.17, 15) is 4.79 Å². The molecule has 0 saturated carbocycles. The van der Waals surface area contributed by atoms with Gasteiger partial charge in [-0.2, -0.15) is 0 Å². The first-order valence-electron chi connectivity index (χ1n) is 8.88. The Balaban J connectivity index is 1.69. The minimum atomic E-state index is -0.0562. The maximum atomic E-state index is 12.7. The number of likely N-dealkylation sites (N-methyl/N-ethyl adjacent to an activating group) is 1. The quantitative estimate of drug-likeness (QED) is 0.813. The van der Waals surface area contributed by atoms with Crippen LogP contribution in [0, 0.1) is 6.92 Å². The zero-order chi connectivity index (χ0) is 18.7. The summed E-state index contributed by atoms with van der Waals surface area (Å²) < 4.78 is 0. The van der Waals surface area contributed by atoms with E-state index in [1.807, 2.05) is 45.3 Å². The third-order valence-electron chi connectivity index (χ3n) is 4.68. The zero-order valence-electron chi connectivity index (χ0n) is 15.5. The number of rotatable bonds is 6. The third-order valence-corrected chi connectivity index (χ3v) is 6.13. The van der Waals surface area contributed by atoms with Crippen molar-refractivity contribution in [2.24, 2.45) is 0 Å². The number of carbonyl (C=O) groups excluding carboxylic acids is 1. The van der Waals surface area contributed by atoms with Crippen LogP contribution in [-0.4, -0.2) is 49.5 Å². The Morgan fingerprint density at radius 3 is 2.77 bits per heavy atom. The van der Waals surface area contributed by atoms with Crippen molar-refractivity contribution in [3.05, 3.63) is 45.4 Å². The van der Waals surface area contributed by atoms with E-state index in [1.165, 1.54) is 24.2 Å². The first kappa shape index (κ1) is 19.1. The lowest BCUT2D eigenvalue weighted by Crippen LogP contribution is -2.34. The number of anilines is 1. The van der Waals surface area contributed by atoms with E-state index in [4.69, 9.17) is 11.6 Å². The summed E-state index contributed by atoms with van der Waals surface area (Å²) in [5, 5.41) is 4.74. The van der Waals surface area contributed by atoms with Crippen LogP contribution in [0.4, 0.5) is 5.13 Å². The molecule has 2 heterocycles. The Morgan fingerprint density at radius 1 is 1.38 bits per heavy atom. The summed E-state index contributed by atoms with van der Waals surface area (Å²) in [6.45, 7) is 4.49. The number of halogens is 1. The monoisotopic (exact) mass is 392 g/mol. The van der Waals surface area contributed by atoms with E-state index in [0.717, 1.165) is 29.5 Å². The molecule has 1 aromatic carbocycles. The second kappa shape index (κ2) is 8.37. The molecule has 140 valence electrons. The summed E-state index contributed by atoms with van der Waals surface area (Å²) >= 11 is 7.61. The van der Waals surface area contributed by atoms with Crippen LogP contribution in [-0.2, 0) is 0 Å². The van der Waals surface area contributed by atoms with Gasteiger partial charge in [-0.05, 0) is 51.6 Å². The lowest BCUT2D eigenvalue weighted by atomic mass is 10.1. The molecule has 0 spiro atoms. The van der Waals surface area contributed by atoms with Gasteiger partial charge in [0.1, 0.15) is 4.88 Å². The van der Waals surface area contributed by atoms with Crippen LogP contribution in [0.1, 0.15) is 39.8 Å². The van der Waals surface area contributed by atoms with Crippen molar-refractivity contribution < 1.29 is 4.79 Å². The van der Waals surface area contributed by atoms with Crippen molar-refractivity contribution in [1.82, 2.24) is 15.2 Å². The van der Waals surface area contributed by atoms with Crippen molar-refractivity contribution in [2.45, 2.75) is 25.8 Å². The third kappa shape index (κ3) is 4.37. The minimum Gasteiger partial charge on any atom is -0.349 e. The molecule has 1 amide bonds. The Hall–Kier alpha value is -1.63. The average Bonchev–Trinajstić information content (AvgIpc) is 3.24. The Labute approximate surface area is 164 Å². The van der Waals surface area contributed by atoms with E-state index < -0.39 is 0 Å². The average molecular weight is 393 g/mol. The first-order valence-corrected chi connectivity index (χ1v) is 10.1. The molecule has 2 aromatic rings. The summed E-state index contributed by atoms with van der Waals surface area (Å²) in [5.41, 5.74) is 1.89. The van der Waals surface area contributed by atoms with Crippen molar-refractivity contribution in [1.29, 1.82) is 0 Å². The topological polar surface area (TPSA) is 48.5 Å². The second-order valence-corrected chi connectivity index (χ2v) is 8.26. The van der Waals surface area contributed by atoms with Crippen LogP contribution in [0.2, 0.25) is 5.02 Å². The fourth-order valence-electron chi connectivity index (χ4n) is 3.22. The van der Waals surface area contributed by atoms with Gasteiger partial charge < -0.3 is 15.1 Å². The number of hydrogen-bond acceptors (Lipinski definition) is 5. The highest BCUT2D eigenvalue weighted by Crippen LogP contribution is 2.29. The number of amides is 1. The molecule has 1 aliphatic heterocycles. The Kier molecular flexibility index (Phi) is 6.16. The number of hydrogen-bond donors (Lipinski definition) is 1. The number of nitrogens with zero attached hydrogens (tertiary/aromatic N) is 3. The molecule has 5 nitrogen and oxygen atoms in total. The number of nitrogens with one attached hydrogen (secondary N) is 1. The van der Waals surface area contributed by atoms with E-state index >= 15 is 0 Å². The maximum absolute atomic E-state index is 12.7. The van der Waals surface area contributed by atoms with Gasteiger partial charge in [-0.15, -0.1) is 0 Å². The second-order valence-electron chi connectivity index (χ2n) is 6.85. The highest BCUT2D eigenvalue weighted by molar-refractivity contribution is 7.17. The molecule has 1 aromatic heterocycles. The van der Waals surface area contributed by atoms with Gasteiger partial charge in [-0.1, -0.05) is 35.1 Å². The van der Waals surface area contributed by atoms with Crippen molar-refractivity contribution in [3.63, 3.8) is 0 Å². The highest BCUT2D eigenvalue weighted by Gasteiger charge is 2.22. The van der Waals surface area contributed by atoms with Gasteiger partial charge in [0.05, 0.1) is 11.7 Å². The molecule has 0 bridgehead atoms. The normalized spacial score (nSPS) is 15.5. The van der Waals surface area contributed by atoms with E-state index in [-0.39, 0.29) is 11.9 Å². The molecule has 7 heteroatoms. The molecular formula is C19H25ClN4OS. The van der Waals surface area contributed by atoms with Gasteiger partial charge in [0, 0.05) is 24.7 Å². The van der Waals surface area contributed by atoms with Gasteiger partial charge in [0.15, 0.2) is 5.13 Å². The van der Waals surface area contributed by atoms with Gasteiger partial charge in [-0.3, -0.25) is 4.79 Å². The standard InChI is InChI=1S/C19H25ClN4OS/c1-13-17(26-19(22-13)24-9-4-5-10-24)18(25)21-12-16(23(2)3)14-7-6-8-15(20)11-14/h6-8,11,16H,4-5,9-10,12H2,1-3H3,(H,21,25)/t16-/m1/s1. The SMILES string of the molecule is Cc1nc(N2CCCC2)sc1C(=O)NC[C@H](c1cccc(Cl)c1)N(C)C. The van der Waals surface area contributed by atoms with Crippen molar-refractivity contribution in [3.8, 4) is 0 Å². The number of benzene rings is 1. The molecule has 1 atom stereocenters. The minimum absolute atomic E-state index is 0.0562. The first-order chi connectivity index (χ1) is 12.5. The van der Waals surface area contributed by atoms with Gasteiger partial charge >= 0.3 is 0 Å². The van der Waals surface area contributed by atoms with Crippen LogP contribution >= 0.6 is 22.9 Å². The van der Waals surface area contributed by atoms with Gasteiger partial charge in [0.2, 0.25) is 0 Å². The number of thiazole rings is 1. The molecule has 0 radical (unpaired) electrons. The summed E-state index contributed by atoms with van der Waals surface area (Å²) in [6.07, 6.45) is 2.40. The van der Waals surface area contributed by atoms with E-state index in [1.54, 1.807) is 0 Å². The lowest BCUT2D eigenvalue weighted by Gasteiger charge is -2.25. The van der Waals surface area contributed by atoms with Crippen molar-refractivity contribution >= 4 is 34.0 Å². The Bertz CT molecular complexity index is 771. The molecule has 26 heavy (non-hydrogen) atoms. The summed E-state index contributed by atoms with van der Waals surface area (Å²) in [4.78, 5) is 22.4. The molecule has 0 unspecified atom stereocenters. The summed E-state index contributed by atoms with van der Waals surface area (Å²) in [6, 6.07) is 7.83. The summed E-state index contributed by atoms with van der Waals surface area (Å²) in [7, 11) is 4.00. The molecule has 1 saturated heterocycles. The van der Waals surface area contributed by atoms with Crippen LogP contribution in [0.25, 0.3) is 0 Å². The fourth-order valence-corrected chi connectivity index (χ4v) is 4.45. The Morgan fingerprint density at radius 2 is 2.12 bits per heavy atom. The van der Waals surface area contributed by atoms with E-state index in [0.29, 0.717) is 16.4 Å². The predicted molar refractivity (Wildman–Crippen MR) is 109 cm³/mol. The maximum Gasteiger partial charge on any atom is 0.263 e. The smallest absolute Gasteiger partial charge is 0.263 e. The van der Waals surface area contributed by atoms with Crippen molar-refractivity contribution in [2.75, 3.05) is 38.6 Å². The van der Waals surface area contributed by atoms with Crippen LogP contribution in [0.3, 0.4) is 0 Å². The van der Waals surface area contributed by atoms with Crippen LogP contribution in [0.15, 0.2) is 24.3 Å². The number of aromatic nitrogens is 1. The van der Waals surface area contributed by atoms with E-state index in [2.05, 4.69) is 20.1 Å². The summed E-state index contributed by atoms with van der Waals surface area (Å²) in [5.74, 6) is -0.0562. The van der Waals surface area contributed by atoms with Gasteiger partial charge in [-0.25, -0.2) is 4.98 Å². The van der Waals surface area contributed by atoms with Crippen LogP contribution in [0.5, 0.6) is 0 Å². The largest absolute Gasteiger partial charge is 0.349 e. The fraction of sp³-hybridized carbons (Fsp3) is 0.474. The lowest BCUT2D eigenvalue weighted by molar-refractivity contribution is 0.0945.